The van der Waals surface area contributed by atoms with E-state index in [-0.39, 0.29) is 6.61 Å². The summed E-state index contributed by atoms with van der Waals surface area (Å²) in [6.45, 7) is 4.13. The SMILES string of the molecule is Cc1[nH]c2c(Br)ccc(C)c2c1CO. The Morgan fingerprint density at radius 3 is 2.71 bits per heavy atom. The van der Waals surface area contributed by atoms with Crippen LogP contribution in [0.2, 0.25) is 0 Å². The molecule has 0 aliphatic carbocycles. The van der Waals surface area contributed by atoms with Crippen molar-refractivity contribution in [2.24, 2.45) is 0 Å². The van der Waals surface area contributed by atoms with Crippen LogP contribution in [0.5, 0.6) is 0 Å². The monoisotopic (exact) mass is 253 g/mol. The smallest absolute Gasteiger partial charge is 0.0705 e. The van der Waals surface area contributed by atoms with E-state index in [1.807, 2.05) is 13.0 Å². The molecule has 0 saturated carbocycles. The molecule has 1 heterocycles. The maximum Gasteiger partial charge on any atom is 0.0705 e. The lowest BCUT2D eigenvalue weighted by molar-refractivity contribution is 0.282. The lowest BCUT2D eigenvalue weighted by Gasteiger charge is -2.00. The summed E-state index contributed by atoms with van der Waals surface area (Å²) in [7, 11) is 0. The number of aromatic amines is 1. The highest BCUT2D eigenvalue weighted by atomic mass is 79.9. The standard InChI is InChI=1S/C11H12BrNO/c1-6-3-4-9(12)11-10(6)8(5-14)7(2)13-11/h3-4,13-14H,5H2,1-2H3. The Hall–Kier alpha value is -0.800. The number of rotatable bonds is 1. The van der Waals surface area contributed by atoms with E-state index in [4.69, 9.17) is 0 Å². The van der Waals surface area contributed by atoms with Gasteiger partial charge in [0.1, 0.15) is 0 Å². The average Bonchev–Trinajstić information content (AvgIpc) is 2.50. The van der Waals surface area contributed by atoms with Crippen LogP contribution < -0.4 is 0 Å². The van der Waals surface area contributed by atoms with Crippen LogP contribution in [0.25, 0.3) is 10.9 Å². The van der Waals surface area contributed by atoms with Crippen molar-refractivity contribution in [3.63, 3.8) is 0 Å². The van der Waals surface area contributed by atoms with Crippen LogP contribution in [-0.4, -0.2) is 10.1 Å². The van der Waals surface area contributed by atoms with Crippen molar-refractivity contribution in [1.29, 1.82) is 0 Å². The molecule has 0 fully saturated rings. The van der Waals surface area contributed by atoms with Gasteiger partial charge >= 0.3 is 0 Å². The van der Waals surface area contributed by atoms with Gasteiger partial charge in [-0.1, -0.05) is 6.07 Å². The third kappa shape index (κ3) is 1.28. The predicted octanol–water partition coefficient (Wildman–Crippen LogP) is 3.04. The summed E-state index contributed by atoms with van der Waals surface area (Å²) in [6.07, 6.45) is 0. The molecular formula is C11H12BrNO. The minimum atomic E-state index is 0.0864. The van der Waals surface area contributed by atoms with Crippen molar-refractivity contribution < 1.29 is 5.11 Å². The van der Waals surface area contributed by atoms with E-state index in [1.165, 1.54) is 5.56 Å². The fourth-order valence-corrected chi connectivity index (χ4v) is 2.27. The van der Waals surface area contributed by atoms with Crippen LogP contribution in [-0.2, 0) is 6.61 Å². The van der Waals surface area contributed by atoms with E-state index >= 15 is 0 Å². The zero-order valence-electron chi connectivity index (χ0n) is 8.19. The summed E-state index contributed by atoms with van der Waals surface area (Å²) in [5, 5.41) is 10.4. The average molecular weight is 254 g/mol. The van der Waals surface area contributed by atoms with Gasteiger partial charge in [-0.25, -0.2) is 0 Å². The van der Waals surface area contributed by atoms with E-state index in [0.717, 1.165) is 26.6 Å². The van der Waals surface area contributed by atoms with Crippen molar-refractivity contribution in [3.8, 4) is 0 Å². The highest BCUT2D eigenvalue weighted by Crippen LogP contribution is 2.30. The molecule has 0 aliphatic heterocycles. The molecule has 0 saturated heterocycles. The molecule has 0 aliphatic rings. The number of aliphatic hydroxyl groups excluding tert-OH is 1. The molecule has 0 bridgehead atoms. The summed E-state index contributed by atoms with van der Waals surface area (Å²) in [5.74, 6) is 0. The van der Waals surface area contributed by atoms with Crippen LogP contribution in [0.15, 0.2) is 16.6 Å². The molecular weight excluding hydrogens is 242 g/mol. The van der Waals surface area contributed by atoms with Gasteiger partial charge in [0.2, 0.25) is 0 Å². The number of hydrogen-bond acceptors (Lipinski definition) is 1. The lowest BCUT2D eigenvalue weighted by Crippen LogP contribution is -1.85. The van der Waals surface area contributed by atoms with Gasteiger partial charge in [0, 0.05) is 21.1 Å². The number of aromatic nitrogens is 1. The minimum absolute atomic E-state index is 0.0864. The molecule has 1 aromatic heterocycles. The first-order chi connectivity index (χ1) is 6.65. The molecule has 14 heavy (non-hydrogen) atoms. The van der Waals surface area contributed by atoms with Gasteiger partial charge in [-0.3, -0.25) is 0 Å². The molecule has 1 aromatic carbocycles. The van der Waals surface area contributed by atoms with Crippen molar-refractivity contribution >= 4 is 26.8 Å². The zero-order valence-corrected chi connectivity index (χ0v) is 9.77. The summed E-state index contributed by atoms with van der Waals surface area (Å²) in [5.41, 5.74) is 4.31. The normalized spacial score (nSPS) is 11.1. The first-order valence-corrected chi connectivity index (χ1v) is 5.31. The third-order valence-electron chi connectivity index (χ3n) is 2.59. The zero-order chi connectivity index (χ0) is 10.3. The number of nitrogens with one attached hydrogen (secondary N) is 1. The van der Waals surface area contributed by atoms with E-state index < -0.39 is 0 Å². The molecule has 0 atom stereocenters. The summed E-state index contributed by atoms with van der Waals surface area (Å²) < 4.78 is 1.04. The summed E-state index contributed by atoms with van der Waals surface area (Å²) in [6, 6.07) is 4.08. The van der Waals surface area contributed by atoms with Crippen LogP contribution in [0.3, 0.4) is 0 Å². The largest absolute Gasteiger partial charge is 0.392 e. The van der Waals surface area contributed by atoms with E-state index in [1.54, 1.807) is 0 Å². The second-order valence-electron chi connectivity index (χ2n) is 3.50. The van der Waals surface area contributed by atoms with Gasteiger partial charge in [-0.15, -0.1) is 0 Å². The fourth-order valence-electron chi connectivity index (χ4n) is 1.84. The molecule has 0 unspecified atom stereocenters. The fraction of sp³-hybridized carbons (Fsp3) is 0.273. The van der Waals surface area contributed by atoms with Crippen molar-refractivity contribution in [2.45, 2.75) is 20.5 Å². The van der Waals surface area contributed by atoms with E-state index in [9.17, 15) is 5.11 Å². The van der Waals surface area contributed by atoms with Crippen LogP contribution in [0.1, 0.15) is 16.8 Å². The highest BCUT2D eigenvalue weighted by molar-refractivity contribution is 9.10. The Bertz CT molecular complexity index is 487. The van der Waals surface area contributed by atoms with E-state index in [0.29, 0.717) is 0 Å². The van der Waals surface area contributed by atoms with Crippen LogP contribution in [0, 0.1) is 13.8 Å². The minimum Gasteiger partial charge on any atom is -0.392 e. The van der Waals surface area contributed by atoms with Crippen molar-refractivity contribution in [2.75, 3.05) is 0 Å². The second-order valence-corrected chi connectivity index (χ2v) is 4.36. The lowest BCUT2D eigenvalue weighted by atomic mass is 10.1. The quantitative estimate of drug-likeness (QED) is 0.806. The predicted molar refractivity (Wildman–Crippen MR) is 61.4 cm³/mol. The molecule has 3 heteroatoms. The molecule has 0 spiro atoms. The highest BCUT2D eigenvalue weighted by Gasteiger charge is 2.11. The van der Waals surface area contributed by atoms with Gasteiger partial charge in [0.05, 0.1) is 12.1 Å². The van der Waals surface area contributed by atoms with E-state index in [2.05, 4.69) is 33.9 Å². The molecule has 74 valence electrons. The first kappa shape index (κ1) is 9.74. The number of fused-ring (bicyclic) bond motifs is 1. The maximum absolute atomic E-state index is 9.29. The third-order valence-corrected chi connectivity index (χ3v) is 3.25. The number of benzene rings is 1. The van der Waals surface area contributed by atoms with Crippen LogP contribution >= 0.6 is 15.9 Å². The molecule has 2 aromatic rings. The van der Waals surface area contributed by atoms with Crippen molar-refractivity contribution in [3.05, 3.63) is 33.4 Å². The van der Waals surface area contributed by atoms with Gasteiger partial charge in [0.15, 0.2) is 0 Å². The molecule has 2 N–H and O–H groups in total. The number of H-pyrrole nitrogens is 1. The Labute approximate surface area is 91.1 Å². The second kappa shape index (κ2) is 3.41. The van der Waals surface area contributed by atoms with Gasteiger partial charge in [0.25, 0.3) is 0 Å². The Balaban J connectivity index is 2.93. The molecule has 2 rings (SSSR count). The Morgan fingerprint density at radius 2 is 2.07 bits per heavy atom. The maximum atomic E-state index is 9.29. The Morgan fingerprint density at radius 1 is 1.36 bits per heavy atom. The molecule has 0 amide bonds. The van der Waals surface area contributed by atoms with Gasteiger partial charge in [-0.2, -0.15) is 0 Å². The number of hydrogen-bond donors (Lipinski definition) is 2. The molecule has 2 nitrogen and oxygen atoms in total. The molecule has 0 radical (unpaired) electrons. The first-order valence-electron chi connectivity index (χ1n) is 4.52. The van der Waals surface area contributed by atoms with Crippen molar-refractivity contribution in [1.82, 2.24) is 4.98 Å². The summed E-state index contributed by atoms with van der Waals surface area (Å²) >= 11 is 3.49. The number of aryl methyl sites for hydroxylation is 2. The van der Waals surface area contributed by atoms with Crippen LogP contribution in [0.4, 0.5) is 0 Å². The topological polar surface area (TPSA) is 36.0 Å². The number of halogens is 1. The van der Waals surface area contributed by atoms with Gasteiger partial charge in [-0.05, 0) is 41.4 Å². The Kier molecular flexibility index (Phi) is 2.37. The van der Waals surface area contributed by atoms with Gasteiger partial charge < -0.3 is 10.1 Å². The summed E-state index contributed by atoms with van der Waals surface area (Å²) in [4.78, 5) is 3.28. The number of aliphatic hydroxyl groups is 1.